The van der Waals surface area contributed by atoms with E-state index in [9.17, 15) is 13.6 Å². The molecule has 0 saturated carbocycles. The summed E-state index contributed by atoms with van der Waals surface area (Å²) in [7, 11) is 0. The number of nitrogens with zero attached hydrogens (tertiary/aromatic N) is 2. The fraction of sp³-hybridized carbons (Fsp3) is 0.0556. The molecule has 9 heteroatoms. The number of carbonyl (C=O) groups excluding carboxylic acids is 1. The van der Waals surface area contributed by atoms with E-state index in [2.05, 4.69) is 9.97 Å². The maximum atomic E-state index is 14.1. The monoisotopic (exact) mass is 409 g/mol. The first-order valence-electron chi connectivity index (χ1n) is 7.55. The summed E-state index contributed by atoms with van der Waals surface area (Å²) in [4.78, 5) is 20.2. The topological polar surface area (TPSA) is 78.1 Å². The maximum Gasteiger partial charge on any atom is 0.359 e. The minimum atomic E-state index is -0.951. The van der Waals surface area contributed by atoms with Crippen LogP contribution in [0.5, 0.6) is 0 Å². The third-order valence-electron chi connectivity index (χ3n) is 3.56. The van der Waals surface area contributed by atoms with Gasteiger partial charge in [0, 0.05) is 10.6 Å². The molecule has 0 unspecified atom stereocenters. The number of esters is 1. The van der Waals surface area contributed by atoms with Gasteiger partial charge >= 0.3 is 5.97 Å². The number of rotatable bonds is 4. The molecule has 3 rings (SSSR count). The van der Waals surface area contributed by atoms with Crippen molar-refractivity contribution < 1.29 is 18.3 Å². The number of hydrogen-bond donors (Lipinski definition) is 1. The van der Waals surface area contributed by atoms with E-state index in [-0.39, 0.29) is 45.1 Å². The van der Waals surface area contributed by atoms with Crippen LogP contribution in [0.25, 0.3) is 11.4 Å². The van der Waals surface area contributed by atoms with Crippen molar-refractivity contribution in [1.29, 1.82) is 0 Å². The standard InChI is InChI=1S/C18H11Cl2F2N3O2/c19-10-5-6-11(13(22)7-10)17-24-15(14(20)16(23)25-17)18(26)27-8-9-3-1-2-4-12(9)21/h1-7H,8H2,(H2,23,24,25). The second-order valence-electron chi connectivity index (χ2n) is 5.39. The Hall–Kier alpha value is -2.77. The lowest BCUT2D eigenvalue weighted by atomic mass is 10.2. The molecule has 0 fully saturated rings. The van der Waals surface area contributed by atoms with Crippen LogP contribution in [-0.4, -0.2) is 15.9 Å². The van der Waals surface area contributed by atoms with Gasteiger partial charge in [0.25, 0.3) is 0 Å². The van der Waals surface area contributed by atoms with Crippen molar-refractivity contribution in [3.63, 3.8) is 0 Å². The van der Waals surface area contributed by atoms with E-state index in [0.29, 0.717) is 0 Å². The van der Waals surface area contributed by atoms with Crippen LogP contribution in [0.15, 0.2) is 42.5 Å². The molecule has 0 radical (unpaired) electrons. The van der Waals surface area contributed by atoms with Gasteiger partial charge in [0.2, 0.25) is 0 Å². The number of nitrogen functional groups attached to an aromatic ring is 1. The summed E-state index contributed by atoms with van der Waals surface area (Å²) in [5.74, 6) is -2.57. The zero-order valence-electron chi connectivity index (χ0n) is 13.5. The van der Waals surface area contributed by atoms with Gasteiger partial charge in [-0.1, -0.05) is 41.4 Å². The van der Waals surface area contributed by atoms with Crippen LogP contribution in [-0.2, 0) is 11.3 Å². The van der Waals surface area contributed by atoms with Crippen molar-refractivity contribution in [2.24, 2.45) is 0 Å². The first-order chi connectivity index (χ1) is 12.9. The Morgan fingerprint density at radius 1 is 1.07 bits per heavy atom. The molecule has 2 N–H and O–H groups in total. The third-order valence-corrected chi connectivity index (χ3v) is 4.17. The Kier molecular flexibility index (Phi) is 5.53. The molecule has 0 atom stereocenters. The Morgan fingerprint density at radius 2 is 1.81 bits per heavy atom. The number of nitrogens with two attached hydrogens (primary N) is 1. The molecule has 0 aliphatic heterocycles. The summed E-state index contributed by atoms with van der Waals surface area (Å²) < 4.78 is 32.8. The number of benzene rings is 2. The number of anilines is 1. The quantitative estimate of drug-likeness (QED) is 0.633. The maximum absolute atomic E-state index is 14.1. The SMILES string of the molecule is Nc1nc(-c2ccc(Cl)cc2F)nc(C(=O)OCc2ccccc2F)c1Cl. The van der Waals surface area contributed by atoms with Crippen LogP contribution in [0.3, 0.4) is 0 Å². The highest BCUT2D eigenvalue weighted by Gasteiger charge is 2.21. The number of hydrogen-bond acceptors (Lipinski definition) is 5. The van der Waals surface area contributed by atoms with Crippen LogP contribution in [0, 0.1) is 11.6 Å². The summed E-state index contributed by atoms with van der Waals surface area (Å²) in [6.07, 6.45) is 0. The average Bonchev–Trinajstić information content (AvgIpc) is 2.63. The highest BCUT2D eigenvalue weighted by Crippen LogP contribution is 2.28. The lowest BCUT2D eigenvalue weighted by Crippen LogP contribution is -2.12. The normalized spacial score (nSPS) is 10.7. The zero-order chi connectivity index (χ0) is 19.6. The summed E-state index contributed by atoms with van der Waals surface area (Å²) in [6, 6.07) is 9.66. The predicted molar refractivity (Wildman–Crippen MR) is 97.4 cm³/mol. The number of carbonyl (C=O) groups is 1. The molecular formula is C18H11Cl2F2N3O2. The molecule has 0 bridgehead atoms. The van der Waals surface area contributed by atoms with Crippen molar-refractivity contribution in [2.75, 3.05) is 5.73 Å². The van der Waals surface area contributed by atoms with Crippen molar-refractivity contribution >= 4 is 35.0 Å². The predicted octanol–water partition coefficient (Wildman–Crippen LogP) is 4.67. The zero-order valence-corrected chi connectivity index (χ0v) is 15.1. The molecule has 0 amide bonds. The first kappa shape index (κ1) is 19.0. The Labute approximate surface area is 162 Å². The van der Waals surface area contributed by atoms with E-state index < -0.39 is 17.6 Å². The molecule has 5 nitrogen and oxygen atoms in total. The van der Waals surface area contributed by atoms with Gasteiger partial charge in [-0.25, -0.2) is 23.5 Å². The minimum Gasteiger partial charge on any atom is -0.456 e. The van der Waals surface area contributed by atoms with Gasteiger partial charge in [-0.3, -0.25) is 0 Å². The summed E-state index contributed by atoms with van der Waals surface area (Å²) >= 11 is 11.7. The Balaban J connectivity index is 1.92. The number of ether oxygens (including phenoxy) is 1. The van der Waals surface area contributed by atoms with Gasteiger partial charge in [-0.15, -0.1) is 0 Å². The van der Waals surface area contributed by atoms with Crippen LogP contribution >= 0.6 is 23.2 Å². The van der Waals surface area contributed by atoms with Crippen molar-refractivity contribution in [2.45, 2.75) is 6.61 Å². The molecule has 1 aromatic heterocycles. The van der Waals surface area contributed by atoms with Crippen molar-refractivity contribution in [3.05, 3.63) is 75.4 Å². The van der Waals surface area contributed by atoms with Gasteiger partial charge in [0.15, 0.2) is 11.5 Å². The molecule has 3 aromatic rings. The van der Waals surface area contributed by atoms with Crippen LogP contribution < -0.4 is 5.73 Å². The molecule has 0 aliphatic rings. The summed E-state index contributed by atoms with van der Waals surface area (Å²) in [6.45, 7) is -0.337. The van der Waals surface area contributed by atoms with E-state index in [1.54, 1.807) is 6.07 Å². The Morgan fingerprint density at radius 3 is 2.52 bits per heavy atom. The lowest BCUT2D eigenvalue weighted by Gasteiger charge is -2.10. The molecule has 27 heavy (non-hydrogen) atoms. The lowest BCUT2D eigenvalue weighted by molar-refractivity contribution is 0.0462. The molecule has 0 spiro atoms. The van der Waals surface area contributed by atoms with Gasteiger partial charge in [-0.05, 0) is 24.3 Å². The van der Waals surface area contributed by atoms with Crippen LogP contribution in [0.1, 0.15) is 16.1 Å². The average molecular weight is 410 g/mol. The third kappa shape index (κ3) is 4.15. The first-order valence-corrected chi connectivity index (χ1v) is 8.31. The van der Waals surface area contributed by atoms with E-state index >= 15 is 0 Å². The Bertz CT molecular complexity index is 1030. The van der Waals surface area contributed by atoms with E-state index in [1.165, 1.54) is 30.3 Å². The molecule has 1 heterocycles. The number of halogens is 4. The molecule has 0 saturated heterocycles. The second kappa shape index (κ2) is 7.85. The highest BCUT2D eigenvalue weighted by molar-refractivity contribution is 6.35. The summed E-state index contributed by atoms with van der Waals surface area (Å²) in [5.41, 5.74) is 5.50. The van der Waals surface area contributed by atoms with E-state index in [1.807, 2.05) is 0 Å². The molecule has 0 aliphatic carbocycles. The van der Waals surface area contributed by atoms with E-state index in [4.69, 9.17) is 33.7 Å². The minimum absolute atomic E-state index is 0.0223. The van der Waals surface area contributed by atoms with Gasteiger partial charge in [-0.2, -0.15) is 0 Å². The second-order valence-corrected chi connectivity index (χ2v) is 6.20. The van der Waals surface area contributed by atoms with Gasteiger partial charge in [0.05, 0.1) is 5.56 Å². The van der Waals surface area contributed by atoms with Crippen LogP contribution in [0.2, 0.25) is 10.0 Å². The fourth-order valence-corrected chi connectivity index (χ4v) is 2.54. The van der Waals surface area contributed by atoms with Crippen molar-refractivity contribution in [3.8, 4) is 11.4 Å². The summed E-state index contributed by atoms with van der Waals surface area (Å²) in [5, 5.41) is -0.0608. The van der Waals surface area contributed by atoms with E-state index in [0.717, 1.165) is 6.07 Å². The molecule has 2 aromatic carbocycles. The van der Waals surface area contributed by atoms with Crippen LogP contribution in [0.4, 0.5) is 14.6 Å². The molecular weight excluding hydrogens is 399 g/mol. The molecule has 138 valence electrons. The highest BCUT2D eigenvalue weighted by atomic mass is 35.5. The van der Waals surface area contributed by atoms with Gasteiger partial charge in [0.1, 0.15) is 29.1 Å². The largest absolute Gasteiger partial charge is 0.456 e. The fourth-order valence-electron chi connectivity index (χ4n) is 2.22. The van der Waals surface area contributed by atoms with Gasteiger partial charge < -0.3 is 10.5 Å². The smallest absolute Gasteiger partial charge is 0.359 e. The number of aromatic nitrogens is 2. The van der Waals surface area contributed by atoms with Crippen molar-refractivity contribution in [1.82, 2.24) is 9.97 Å².